The van der Waals surface area contributed by atoms with Crippen LogP contribution < -0.4 is 16.4 Å². The van der Waals surface area contributed by atoms with Crippen molar-refractivity contribution in [1.29, 1.82) is 0 Å². The van der Waals surface area contributed by atoms with Gasteiger partial charge in [0.1, 0.15) is 24.3 Å². The second-order valence-corrected chi connectivity index (χ2v) is 9.55. The lowest BCUT2D eigenvalue weighted by molar-refractivity contribution is -0.137. The number of urea groups is 1. The van der Waals surface area contributed by atoms with Crippen molar-refractivity contribution in [3.63, 3.8) is 0 Å². The van der Waals surface area contributed by atoms with Crippen molar-refractivity contribution in [3.05, 3.63) is 71.9 Å². The van der Waals surface area contributed by atoms with Gasteiger partial charge in [0.25, 0.3) is 0 Å². The van der Waals surface area contributed by atoms with Gasteiger partial charge < -0.3 is 26.4 Å². The summed E-state index contributed by atoms with van der Waals surface area (Å²) in [6.07, 6.45) is -1.99. The summed E-state index contributed by atoms with van der Waals surface area (Å²) in [4.78, 5) is 30.0. The Balaban J connectivity index is 1.35. The van der Waals surface area contributed by atoms with Crippen LogP contribution in [0.4, 0.5) is 39.5 Å². The molecule has 5 rings (SSSR count). The van der Waals surface area contributed by atoms with Gasteiger partial charge in [-0.25, -0.2) is 18.7 Å². The van der Waals surface area contributed by atoms with Crippen LogP contribution in [0.15, 0.2) is 54.9 Å². The third-order valence-electron chi connectivity index (χ3n) is 7.01. The minimum absolute atomic E-state index is 0.0779. The van der Waals surface area contributed by atoms with E-state index in [9.17, 15) is 27.2 Å². The van der Waals surface area contributed by atoms with E-state index in [2.05, 4.69) is 20.7 Å². The molecule has 1 aliphatic rings. The molecule has 14 heteroatoms. The molecule has 1 saturated heterocycles. The van der Waals surface area contributed by atoms with Crippen LogP contribution in [0.2, 0.25) is 0 Å². The van der Waals surface area contributed by atoms with E-state index in [1.54, 1.807) is 33.7 Å². The maximum Gasteiger partial charge on any atom is 0.416 e. The fraction of sp³-hybridized carbons (Fsp3) is 0.259. The summed E-state index contributed by atoms with van der Waals surface area (Å²) in [6.45, 7) is 0.474. The first-order valence-electron chi connectivity index (χ1n) is 12.6. The number of anilines is 3. The summed E-state index contributed by atoms with van der Waals surface area (Å²) < 4.78 is 54.6. The van der Waals surface area contributed by atoms with E-state index in [-0.39, 0.29) is 17.6 Å². The van der Waals surface area contributed by atoms with E-state index in [0.717, 1.165) is 16.8 Å². The first-order valence-corrected chi connectivity index (χ1v) is 12.6. The number of benzene rings is 2. The smallest absolute Gasteiger partial charge is 0.387 e. The van der Waals surface area contributed by atoms with E-state index < -0.39 is 35.9 Å². The van der Waals surface area contributed by atoms with Crippen LogP contribution in [-0.2, 0) is 11.0 Å². The summed E-state index contributed by atoms with van der Waals surface area (Å²) in [5.41, 5.74) is 7.79. The number of alkyl halides is 3. The number of nitrogens with zero attached hydrogens (tertiary/aromatic N) is 4. The standard InChI is InChI=1S/C27H25F4N7O3/c28-20-6-3-17(27(29,30)31)11-21(20)36-26(41)35-18-4-1-15(2-5-18)19-12-22(38-24(19)25(32)33-14-34-38)16-7-9-37(10-8-16)23(40)13-39/h1-6,11-12,14,16,39H,7-10,13H2,(H2,32,33,34)(H2,35,36,41). The highest BCUT2D eigenvalue weighted by Crippen LogP contribution is 2.37. The zero-order chi connectivity index (χ0) is 29.3. The monoisotopic (exact) mass is 571 g/mol. The third kappa shape index (κ3) is 5.77. The van der Waals surface area contributed by atoms with E-state index >= 15 is 0 Å². The normalized spacial score (nSPS) is 14.3. The molecule has 4 aromatic rings. The molecule has 3 amide bonds. The van der Waals surface area contributed by atoms with Gasteiger partial charge in [0, 0.05) is 36.0 Å². The Kier molecular flexibility index (Phi) is 7.49. The fourth-order valence-electron chi connectivity index (χ4n) is 4.94. The average molecular weight is 572 g/mol. The van der Waals surface area contributed by atoms with Crippen molar-refractivity contribution in [2.24, 2.45) is 0 Å². The molecule has 2 aromatic carbocycles. The topological polar surface area (TPSA) is 138 Å². The number of aliphatic hydroxyl groups is 1. The molecule has 0 unspecified atom stereocenters. The highest BCUT2D eigenvalue weighted by atomic mass is 19.4. The second kappa shape index (κ2) is 11.0. The SMILES string of the molecule is Nc1ncnn2c(C3CCN(C(=O)CO)CC3)cc(-c3ccc(NC(=O)Nc4cc(C(F)(F)F)ccc4F)cc3)c12. The van der Waals surface area contributed by atoms with Gasteiger partial charge in [-0.05, 0) is 54.8 Å². The highest BCUT2D eigenvalue weighted by Gasteiger charge is 2.31. The van der Waals surface area contributed by atoms with Gasteiger partial charge in [-0.2, -0.15) is 18.3 Å². The number of nitrogen functional groups attached to an aromatic ring is 1. The molecule has 1 aliphatic heterocycles. The summed E-state index contributed by atoms with van der Waals surface area (Å²) in [7, 11) is 0. The van der Waals surface area contributed by atoms with Crippen LogP contribution in [0, 0.1) is 5.82 Å². The Labute approximate surface area is 230 Å². The predicted molar refractivity (Wildman–Crippen MR) is 143 cm³/mol. The lowest BCUT2D eigenvalue weighted by Gasteiger charge is -2.31. The average Bonchev–Trinajstić information content (AvgIpc) is 3.34. The maximum atomic E-state index is 14.0. The molecule has 1 fully saturated rings. The lowest BCUT2D eigenvalue weighted by Crippen LogP contribution is -2.39. The number of amides is 3. The Morgan fingerprint density at radius 3 is 2.41 bits per heavy atom. The quantitative estimate of drug-likeness (QED) is 0.261. The number of likely N-dealkylation sites (tertiary alicyclic amines) is 1. The molecular formula is C27H25F4N7O3. The number of hydrogen-bond donors (Lipinski definition) is 4. The molecule has 5 N–H and O–H groups in total. The van der Waals surface area contributed by atoms with Gasteiger partial charge in [-0.15, -0.1) is 0 Å². The van der Waals surface area contributed by atoms with Crippen LogP contribution in [-0.4, -0.2) is 56.2 Å². The molecule has 0 bridgehead atoms. The number of carbonyl (C=O) groups excluding carboxylic acids is 2. The number of rotatable bonds is 5. The summed E-state index contributed by atoms with van der Waals surface area (Å²) in [6, 6.07) is 9.39. The second-order valence-electron chi connectivity index (χ2n) is 9.55. The van der Waals surface area contributed by atoms with Crippen LogP contribution in [0.3, 0.4) is 0 Å². The van der Waals surface area contributed by atoms with E-state index in [1.165, 1.54) is 6.33 Å². The number of nitrogens with one attached hydrogen (secondary N) is 2. The van der Waals surface area contributed by atoms with Crippen LogP contribution in [0.25, 0.3) is 16.6 Å². The number of aliphatic hydroxyl groups excluding tert-OH is 1. The van der Waals surface area contributed by atoms with Gasteiger partial charge in [0.15, 0.2) is 5.82 Å². The molecule has 3 heterocycles. The lowest BCUT2D eigenvalue weighted by atomic mass is 9.93. The Bertz CT molecular complexity index is 1600. The van der Waals surface area contributed by atoms with Crippen molar-refractivity contribution in [3.8, 4) is 11.1 Å². The van der Waals surface area contributed by atoms with Crippen molar-refractivity contribution in [1.82, 2.24) is 19.5 Å². The number of halogens is 4. The summed E-state index contributed by atoms with van der Waals surface area (Å²) in [5, 5.41) is 18.1. The largest absolute Gasteiger partial charge is 0.416 e. The number of piperidine rings is 1. The zero-order valence-corrected chi connectivity index (χ0v) is 21.5. The Morgan fingerprint density at radius 1 is 1.05 bits per heavy atom. The number of carbonyl (C=O) groups is 2. The molecule has 214 valence electrons. The van der Waals surface area contributed by atoms with E-state index in [0.29, 0.717) is 55.3 Å². The fourth-order valence-corrected chi connectivity index (χ4v) is 4.94. The predicted octanol–water partition coefficient (Wildman–Crippen LogP) is 4.48. The van der Waals surface area contributed by atoms with Gasteiger partial charge in [-0.3, -0.25) is 4.79 Å². The maximum absolute atomic E-state index is 14.0. The van der Waals surface area contributed by atoms with Gasteiger partial charge in [0.05, 0.1) is 11.3 Å². The minimum atomic E-state index is -4.69. The van der Waals surface area contributed by atoms with E-state index in [4.69, 9.17) is 10.8 Å². The van der Waals surface area contributed by atoms with Gasteiger partial charge in [-0.1, -0.05) is 12.1 Å². The van der Waals surface area contributed by atoms with E-state index in [1.807, 2.05) is 6.07 Å². The van der Waals surface area contributed by atoms with Crippen LogP contribution in [0.5, 0.6) is 0 Å². The van der Waals surface area contributed by atoms with Crippen LogP contribution >= 0.6 is 0 Å². The number of nitrogens with two attached hydrogens (primary N) is 1. The summed E-state index contributed by atoms with van der Waals surface area (Å²) >= 11 is 0. The number of hydrogen-bond acceptors (Lipinski definition) is 6. The van der Waals surface area contributed by atoms with Crippen LogP contribution in [0.1, 0.15) is 30.0 Å². The Morgan fingerprint density at radius 2 is 1.76 bits per heavy atom. The first-order chi connectivity index (χ1) is 19.5. The third-order valence-corrected chi connectivity index (χ3v) is 7.01. The molecule has 41 heavy (non-hydrogen) atoms. The van der Waals surface area contributed by atoms with Gasteiger partial charge in [0.2, 0.25) is 5.91 Å². The summed E-state index contributed by atoms with van der Waals surface area (Å²) in [5.74, 6) is -0.976. The molecule has 0 aliphatic carbocycles. The molecular weight excluding hydrogens is 546 g/mol. The molecule has 0 atom stereocenters. The zero-order valence-electron chi connectivity index (χ0n) is 21.5. The Hall–Kier alpha value is -4.72. The molecule has 0 spiro atoms. The van der Waals surface area contributed by atoms with Crippen molar-refractivity contribution >= 4 is 34.6 Å². The molecule has 2 aromatic heterocycles. The van der Waals surface area contributed by atoms with Crippen molar-refractivity contribution in [2.45, 2.75) is 24.9 Å². The number of fused-ring (bicyclic) bond motifs is 1. The van der Waals surface area contributed by atoms with Crippen molar-refractivity contribution in [2.75, 3.05) is 36.1 Å². The molecule has 0 radical (unpaired) electrons. The van der Waals surface area contributed by atoms with Gasteiger partial charge >= 0.3 is 12.2 Å². The molecule has 10 nitrogen and oxygen atoms in total. The number of aromatic nitrogens is 3. The van der Waals surface area contributed by atoms with Crippen molar-refractivity contribution < 1.29 is 32.3 Å². The minimum Gasteiger partial charge on any atom is -0.387 e. The molecule has 0 saturated carbocycles. The highest BCUT2D eigenvalue weighted by molar-refractivity contribution is 6.00. The first kappa shape index (κ1) is 27.8.